The smallest absolute Gasteiger partial charge is 0.242 e. The number of rotatable bonds is 9. The number of nitrogens with zero attached hydrogens (tertiary/aromatic N) is 1. The van der Waals surface area contributed by atoms with Crippen LogP contribution in [0.2, 0.25) is 5.02 Å². The molecular formula is C25H31ClN2O2S. The van der Waals surface area contributed by atoms with Crippen molar-refractivity contribution in [2.45, 2.75) is 63.9 Å². The van der Waals surface area contributed by atoms with Crippen molar-refractivity contribution in [2.75, 3.05) is 5.75 Å². The number of halogens is 1. The molecule has 6 heteroatoms. The van der Waals surface area contributed by atoms with Gasteiger partial charge >= 0.3 is 0 Å². The standard InChI is InChI=1S/C25H31ClN2O2S/c1-18-7-5-9-21(13-18)16-31-17-24(29)28(15-20-8-6-10-22(26)14-20)19(2)25(30)27-23-11-3-4-12-23/h5-10,13-14,19,23H,3-4,11-12,15-17H2,1-2H3,(H,27,30). The summed E-state index contributed by atoms with van der Waals surface area (Å²) >= 11 is 7.72. The Morgan fingerprint density at radius 3 is 2.55 bits per heavy atom. The van der Waals surface area contributed by atoms with Crippen LogP contribution in [0.4, 0.5) is 0 Å². The Balaban J connectivity index is 1.65. The second-order valence-corrected chi connectivity index (χ2v) is 9.72. The van der Waals surface area contributed by atoms with E-state index in [4.69, 9.17) is 11.6 Å². The Hall–Kier alpha value is -1.98. The van der Waals surface area contributed by atoms with E-state index < -0.39 is 6.04 Å². The fourth-order valence-corrected chi connectivity index (χ4v) is 5.02. The summed E-state index contributed by atoms with van der Waals surface area (Å²) in [6.45, 7) is 4.25. The van der Waals surface area contributed by atoms with Gasteiger partial charge in [0, 0.05) is 23.4 Å². The second-order valence-electron chi connectivity index (χ2n) is 8.30. The molecule has 0 heterocycles. The Bertz CT molecular complexity index is 899. The van der Waals surface area contributed by atoms with Gasteiger partial charge in [0.1, 0.15) is 6.04 Å². The van der Waals surface area contributed by atoms with Crippen molar-refractivity contribution in [3.63, 3.8) is 0 Å². The lowest BCUT2D eigenvalue weighted by Gasteiger charge is -2.29. The second kappa shape index (κ2) is 11.6. The van der Waals surface area contributed by atoms with Gasteiger partial charge in [0.05, 0.1) is 5.75 Å². The highest BCUT2D eigenvalue weighted by molar-refractivity contribution is 7.99. The van der Waals surface area contributed by atoms with Crippen molar-refractivity contribution in [2.24, 2.45) is 0 Å². The van der Waals surface area contributed by atoms with Gasteiger partial charge in [-0.3, -0.25) is 9.59 Å². The first kappa shape index (κ1) is 23.7. The fourth-order valence-electron chi connectivity index (χ4n) is 3.95. The van der Waals surface area contributed by atoms with Crippen LogP contribution >= 0.6 is 23.4 Å². The van der Waals surface area contributed by atoms with Crippen LogP contribution in [-0.4, -0.2) is 34.6 Å². The van der Waals surface area contributed by atoms with E-state index in [0.717, 1.165) is 37.0 Å². The molecule has 1 aliphatic rings. The molecule has 166 valence electrons. The minimum atomic E-state index is -0.536. The van der Waals surface area contributed by atoms with Crippen LogP contribution in [-0.2, 0) is 21.9 Å². The zero-order valence-electron chi connectivity index (χ0n) is 18.3. The molecule has 0 aromatic heterocycles. The number of benzene rings is 2. The molecule has 0 spiro atoms. The SMILES string of the molecule is Cc1cccc(CSCC(=O)N(Cc2cccc(Cl)c2)C(C)C(=O)NC2CCCC2)c1. The van der Waals surface area contributed by atoms with E-state index >= 15 is 0 Å². The van der Waals surface area contributed by atoms with Gasteiger partial charge in [0.15, 0.2) is 0 Å². The molecule has 1 atom stereocenters. The number of carbonyl (C=O) groups is 2. The quantitative estimate of drug-likeness (QED) is 0.550. The molecule has 31 heavy (non-hydrogen) atoms. The van der Waals surface area contributed by atoms with Gasteiger partial charge in [-0.2, -0.15) is 0 Å². The number of hydrogen-bond acceptors (Lipinski definition) is 3. The van der Waals surface area contributed by atoms with Crippen LogP contribution in [0.15, 0.2) is 48.5 Å². The van der Waals surface area contributed by atoms with E-state index in [1.165, 1.54) is 11.1 Å². The van der Waals surface area contributed by atoms with Gasteiger partial charge in [0.2, 0.25) is 11.8 Å². The van der Waals surface area contributed by atoms with Crippen molar-refractivity contribution in [3.8, 4) is 0 Å². The normalized spacial score (nSPS) is 14.9. The summed E-state index contributed by atoms with van der Waals surface area (Å²) in [6, 6.07) is 15.5. The monoisotopic (exact) mass is 458 g/mol. The molecule has 0 radical (unpaired) electrons. The largest absolute Gasteiger partial charge is 0.352 e. The van der Waals surface area contributed by atoms with E-state index in [0.29, 0.717) is 17.3 Å². The molecule has 3 rings (SSSR count). The first-order valence-electron chi connectivity index (χ1n) is 10.9. The molecule has 0 saturated heterocycles. The maximum Gasteiger partial charge on any atom is 0.242 e. The van der Waals surface area contributed by atoms with Gasteiger partial charge in [-0.25, -0.2) is 0 Å². The average Bonchev–Trinajstić information content (AvgIpc) is 3.24. The summed E-state index contributed by atoms with van der Waals surface area (Å²) in [4.78, 5) is 27.7. The Morgan fingerprint density at radius 1 is 1.13 bits per heavy atom. The molecule has 4 nitrogen and oxygen atoms in total. The zero-order chi connectivity index (χ0) is 22.2. The third kappa shape index (κ3) is 7.29. The van der Waals surface area contributed by atoms with Crippen LogP contribution in [0.5, 0.6) is 0 Å². The fraction of sp³-hybridized carbons (Fsp3) is 0.440. The number of carbonyl (C=O) groups excluding carboxylic acids is 2. The molecule has 2 aromatic carbocycles. The number of nitrogens with one attached hydrogen (secondary N) is 1. The predicted octanol–water partition coefficient (Wildman–Crippen LogP) is 5.36. The van der Waals surface area contributed by atoms with E-state index in [1.807, 2.05) is 37.3 Å². The van der Waals surface area contributed by atoms with Gasteiger partial charge < -0.3 is 10.2 Å². The highest BCUT2D eigenvalue weighted by Crippen LogP contribution is 2.20. The molecule has 2 amide bonds. The third-order valence-electron chi connectivity index (χ3n) is 5.69. The predicted molar refractivity (Wildman–Crippen MR) is 129 cm³/mol. The van der Waals surface area contributed by atoms with E-state index in [2.05, 4.69) is 30.4 Å². The Morgan fingerprint density at radius 2 is 1.84 bits per heavy atom. The molecular weight excluding hydrogens is 428 g/mol. The van der Waals surface area contributed by atoms with Gasteiger partial charge in [-0.15, -0.1) is 11.8 Å². The van der Waals surface area contributed by atoms with E-state index in [-0.39, 0.29) is 17.9 Å². The molecule has 0 bridgehead atoms. The van der Waals surface area contributed by atoms with Gasteiger partial charge in [-0.1, -0.05) is 66.4 Å². The Kier molecular flexibility index (Phi) is 8.85. The van der Waals surface area contributed by atoms with Crippen LogP contribution in [0, 0.1) is 6.92 Å². The number of hydrogen-bond donors (Lipinski definition) is 1. The van der Waals surface area contributed by atoms with Crippen molar-refractivity contribution in [1.82, 2.24) is 10.2 Å². The Labute approximate surface area is 194 Å². The first-order chi connectivity index (χ1) is 14.9. The minimum absolute atomic E-state index is 0.0355. The lowest BCUT2D eigenvalue weighted by molar-refractivity contribution is -0.138. The summed E-state index contributed by atoms with van der Waals surface area (Å²) in [7, 11) is 0. The molecule has 1 saturated carbocycles. The van der Waals surface area contributed by atoms with Crippen LogP contribution in [0.1, 0.15) is 49.3 Å². The minimum Gasteiger partial charge on any atom is -0.352 e. The van der Waals surface area contributed by atoms with Gasteiger partial charge in [0.25, 0.3) is 0 Å². The summed E-state index contributed by atoms with van der Waals surface area (Å²) in [5.74, 6) is 0.981. The third-order valence-corrected chi connectivity index (χ3v) is 6.91. The molecule has 2 aromatic rings. The van der Waals surface area contributed by atoms with Crippen molar-refractivity contribution in [3.05, 3.63) is 70.2 Å². The summed E-state index contributed by atoms with van der Waals surface area (Å²) < 4.78 is 0. The van der Waals surface area contributed by atoms with Crippen molar-refractivity contribution < 1.29 is 9.59 Å². The molecule has 1 N–H and O–H groups in total. The zero-order valence-corrected chi connectivity index (χ0v) is 19.8. The lowest BCUT2D eigenvalue weighted by Crippen LogP contribution is -2.50. The van der Waals surface area contributed by atoms with Crippen LogP contribution in [0.3, 0.4) is 0 Å². The topological polar surface area (TPSA) is 49.4 Å². The first-order valence-corrected chi connectivity index (χ1v) is 12.4. The number of thioether (sulfide) groups is 1. The maximum atomic E-state index is 13.2. The van der Waals surface area contributed by atoms with Gasteiger partial charge in [-0.05, 0) is 49.9 Å². The van der Waals surface area contributed by atoms with Crippen LogP contribution in [0.25, 0.3) is 0 Å². The highest BCUT2D eigenvalue weighted by atomic mass is 35.5. The molecule has 1 aliphatic carbocycles. The average molecular weight is 459 g/mol. The molecule has 1 unspecified atom stereocenters. The van der Waals surface area contributed by atoms with Crippen LogP contribution < -0.4 is 5.32 Å². The highest BCUT2D eigenvalue weighted by Gasteiger charge is 2.28. The lowest BCUT2D eigenvalue weighted by atomic mass is 10.1. The summed E-state index contributed by atoms with van der Waals surface area (Å²) in [5, 5.41) is 3.76. The van der Waals surface area contributed by atoms with E-state index in [9.17, 15) is 9.59 Å². The van der Waals surface area contributed by atoms with Crippen molar-refractivity contribution >= 4 is 35.2 Å². The number of aryl methyl sites for hydroxylation is 1. The molecule has 0 aliphatic heterocycles. The summed E-state index contributed by atoms with van der Waals surface area (Å²) in [6.07, 6.45) is 4.35. The number of amides is 2. The molecule has 1 fully saturated rings. The van der Waals surface area contributed by atoms with E-state index in [1.54, 1.807) is 16.7 Å². The maximum absolute atomic E-state index is 13.2. The summed E-state index contributed by atoms with van der Waals surface area (Å²) in [5.41, 5.74) is 3.33. The van der Waals surface area contributed by atoms with Crippen molar-refractivity contribution in [1.29, 1.82) is 0 Å².